The summed E-state index contributed by atoms with van der Waals surface area (Å²) in [5, 5.41) is 17.4. The lowest BCUT2D eigenvalue weighted by atomic mass is 10.1. The molecule has 2 aliphatic rings. The molecule has 182 valence electrons. The highest BCUT2D eigenvalue weighted by molar-refractivity contribution is 5.94. The number of carbonyl (C=O) groups is 1. The number of nitrogen functional groups attached to an aromatic ring is 1. The third-order valence-electron chi connectivity index (χ3n) is 6.30. The molecule has 1 saturated heterocycles. The van der Waals surface area contributed by atoms with Crippen molar-refractivity contribution in [3.63, 3.8) is 0 Å². The lowest BCUT2D eigenvalue weighted by molar-refractivity contribution is 0.0296. The molecule has 9 nitrogen and oxygen atoms in total. The molecular formula is C25H35N7O2. The number of nitrogens with zero attached hydrogens (tertiary/aromatic N) is 4. The maximum absolute atomic E-state index is 12.5. The van der Waals surface area contributed by atoms with Crippen LogP contribution in [-0.2, 0) is 6.54 Å². The number of benzene rings is 1. The Morgan fingerprint density at radius 3 is 2.68 bits per heavy atom. The zero-order chi connectivity index (χ0) is 23.9. The lowest BCUT2D eigenvalue weighted by Gasteiger charge is -2.32. The van der Waals surface area contributed by atoms with Gasteiger partial charge in [0.15, 0.2) is 6.23 Å². The standard InChI is InChI=1S/C25H35N7O2/c1-2-3-11-27-22-21-20(29-25(26)30-22)10-15-32(24(21)34)17-18-6-8-19(9-7-18)23(33)28-12-16-31-13-4-5-14-31/h6-10,15,24,34H,2-5,11-14,16-17H2,1H3,(H,28,33)(H3,26,27,29,30). The first-order valence-corrected chi connectivity index (χ1v) is 12.2. The third-order valence-corrected chi connectivity index (χ3v) is 6.30. The average Bonchev–Trinajstić information content (AvgIpc) is 3.35. The molecule has 0 spiro atoms. The largest absolute Gasteiger partial charge is 0.370 e. The molecule has 0 saturated carbocycles. The molecule has 1 amide bonds. The highest BCUT2D eigenvalue weighted by Gasteiger charge is 2.27. The number of fused-ring (bicyclic) bond motifs is 1. The van der Waals surface area contributed by atoms with Crippen molar-refractivity contribution in [1.82, 2.24) is 25.1 Å². The van der Waals surface area contributed by atoms with Gasteiger partial charge in [0.1, 0.15) is 5.82 Å². The van der Waals surface area contributed by atoms with E-state index in [1.165, 1.54) is 12.8 Å². The summed E-state index contributed by atoms with van der Waals surface area (Å²) in [5.41, 5.74) is 8.73. The Hall–Kier alpha value is -3.17. The van der Waals surface area contributed by atoms with E-state index in [0.29, 0.717) is 35.7 Å². The van der Waals surface area contributed by atoms with E-state index in [1.54, 1.807) is 0 Å². The van der Waals surface area contributed by atoms with Crippen molar-refractivity contribution < 1.29 is 9.90 Å². The van der Waals surface area contributed by atoms with Crippen LogP contribution in [0, 0.1) is 0 Å². The van der Waals surface area contributed by atoms with Gasteiger partial charge < -0.3 is 31.3 Å². The quantitative estimate of drug-likeness (QED) is 0.395. The number of carbonyl (C=O) groups excluding carboxylic acids is 1. The minimum absolute atomic E-state index is 0.0601. The monoisotopic (exact) mass is 465 g/mol. The number of amides is 1. The average molecular weight is 466 g/mol. The highest BCUT2D eigenvalue weighted by Crippen LogP contribution is 2.33. The molecule has 1 atom stereocenters. The Morgan fingerprint density at radius 2 is 1.94 bits per heavy atom. The van der Waals surface area contributed by atoms with Crippen LogP contribution >= 0.6 is 0 Å². The number of rotatable bonds is 10. The van der Waals surface area contributed by atoms with Crippen LogP contribution in [0.1, 0.15) is 66.0 Å². The number of aromatic nitrogens is 2. The minimum atomic E-state index is -0.904. The van der Waals surface area contributed by atoms with Gasteiger partial charge in [-0.15, -0.1) is 0 Å². The fraction of sp³-hybridized carbons (Fsp3) is 0.480. The SMILES string of the molecule is CCCCNc1nc(N)nc2c1C(O)N(Cc1ccc(C(=O)NCCN3CCCC3)cc1)C=C2. The van der Waals surface area contributed by atoms with E-state index in [4.69, 9.17) is 5.73 Å². The van der Waals surface area contributed by atoms with E-state index in [0.717, 1.165) is 44.6 Å². The molecule has 34 heavy (non-hydrogen) atoms. The molecule has 1 unspecified atom stereocenters. The van der Waals surface area contributed by atoms with E-state index >= 15 is 0 Å². The number of likely N-dealkylation sites (tertiary alicyclic amines) is 1. The Kier molecular flexibility index (Phi) is 7.97. The van der Waals surface area contributed by atoms with Crippen LogP contribution < -0.4 is 16.4 Å². The van der Waals surface area contributed by atoms with Gasteiger partial charge >= 0.3 is 0 Å². The van der Waals surface area contributed by atoms with E-state index in [-0.39, 0.29) is 11.9 Å². The maximum Gasteiger partial charge on any atom is 0.251 e. The molecule has 1 aromatic carbocycles. The number of nitrogens with two attached hydrogens (primary N) is 1. The second-order valence-electron chi connectivity index (χ2n) is 8.87. The van der Waals surface area contributed by atoms with Crippen molar-refractivity contribution in [1.29, 1.82) is 0 Å². The predicted molar refractivity (Wildman–Crippen MR) is 134 cm³/mol. The molecule has 0 radical (unpaired) electrons. The molecule has 2 aliphatic heterocycles. The molecule has 1 aromatic heterocycles. The van der Waals surface area contributed by atoms with E-state index in [1.807, 2.05) is 41.4 Å². The van der Waals surface area contributed by atoms with Gasteiger partial charge in [-0.1, -0.05) is 25.5 Å². The van der Waals surface area contributed by atoms with Gasteiger partial charge in [-0.2, -0.15) is 4.98 Å². The zero-order valence-corrected chi connectivity index (χ0v) is 19.8. The number of anilines is 2. The van der Waals surface area contributed by atoms with Gasteiger partial charge in [-0.3, -0.25) is 4.79 Å². The number of hydrogen-bond acceptors (Lipinski definition) is 8. The molecule has 3 heterocycles. The van der Waals surface area contributed by atoms with Crippen LogP contribution in [0.4, 0.5) is 11.8 Å². The summed E-state index contributed by atoms with van der Waals surface area (Å²) in [4.78, 5) is 25.3. The van der Waals surface area contributed by atoms with Gasteiger partial charge in [0.25, 0.3) is 5.91 Å². The van der Waals surface area contributed by atoms with Crippen LogP contribution in [0.3, 0.4) is 0 Å². The predicted octanol–water partition coefficient (Wildman–Crippen LogP) is 2.57. The first-order chi connectivity index (χ1) is 16.5. The van der Waals surface area contributed by atoms with Gasteiger partial charge in [0.05, 0.1) is 11.3 Å². The molecular weight excluding hydrogens is 430 g/mol. The third kappa shape index (κ3) is 5.84. The number of aliphatic hydroxyl groups excluding tert-OH is 1. The Bertz CT molecular complexity index is 1000. The van der Waals surface area contributed by atoms with Crippen LogP contribution in [0.25, 0.3) is 6.08 Å². The van der Waals surface area contributed by atoms with Crippen molar-refractivity contribution >= 4 is 23.7 Å². The lowest BCUT2D eigenvalue weighted by Crippen LogP contribution is -2.33. The molecule has 0 aliphatic carbocycles. The van der Waals surface area contributed by atoms with Crippen LogP contribution in [0.15, 0.2) is 30.5 Å². The maximum atomic E-state index is 12.5. The molecule has 2 aromatic rings. The van der Waals surface area contributed by atoms with E-state index in [2.05, 4.69) is 32.4 Å². The summed E-state index contributed by atoms with van der Waals surface area (Å²) in [6, 6.07) is 7.50. The van der Waals surface area contributed by atoms with Crippen molar-refractivity contribution in [3.8, 4) is 0 Å². The van der Waals surface area contributed by atoms with Crippen LogP contribution in [0.5, 0.6) is 0 Å². The van der Waals surface area contributed by atoms with Crippen LogP contribution in [-0.4, -0.2) is 63.5 Å². The Labute approximate surface area is 201 Å². The first-order valence-electron chi connectivity index (χ1n) is 12.2. The summed E-state index contributed by atoms with van der Waals surface area (Å²) >= 11 is 0. The van der Waals surface area contributed by atoms with Gasteiger partial charge in [-0.05, 0) is 56.1 Å². The van der Waals surface area contributed by atoms with E-state index in [9.17, 15) is 9.90 Å². The number of aliphatic hydroxyl groups is 1. The Morgan fingerprint density at radius 1 is 1.18 bits per heavy atom. The number of hydrogen-bond donors (Lipinski definition) is 4. The van der Waals surface area contributed by atoms with E-state index < -0.39 is 6.23 Å². The first kappa shape index (κ1) is 24.0. The summed E-state index contributed by atoms with van der Waals surface area (Å²) in [6.45, 7) is 7.16. The van der Waals surface area contributed by atoms with Crippen LogP contribution in [0.2, 0.25) is 0 Å². The summed E-state index contributed by atoms with van der Waals surface area (Å²) in [5.74, 6) is 0.686. The van der Waals surface area contributed by atoms with Gasteiger partial charge in [0, 0.05) is 37.9 Å². The molecule has 5 N–H and O–H groups in total. The van der Waals surface area contributed by atoms with Crippen molar-refractivity contribution in [2.24, 2.45) is 0 Å². The molecule has 0 bridgehead atoms. The van der Waals surface area contributed by atoms with Crippen molar-refractivity contribution in [3.05, 3.63) is 52.8 Å². The topological polar surface area (TPSA) is 120 Å². The summed E-state index contributed by atoms with van der Waals surface area (Å²) in [7, 11) is 0. The van der Waals surface area contributed by atoms with Gasteiger partial charge in [0.2, 0.25) is 5.95 Å². The number of nitrogens with one attached hydrogen (secondary N) is 2. The fourth-order valence-corrected chi connectivity index (χ4v) is 4.37. The fourth-order valence-electron chi connectivity index (χ4n) is 4.37. The van der Waals surface area contributed by atoms with Gasteiger partial charge in [-0.25, -0.2) is 4.98 Å². The van der Waals surface area contributed by atoms with Crippen molar-refractivity contribution in [2.75, 3.05) is 43.8 Å². The van der Waals surface area contributed by atoms with Crippen molar-refractivity contribution in [2.45, 2.75) is 45.4 Å². The zero-order valence-electron chi connectivity index (χ0n) is 19.8. The number of unbranched alkanes of at least 4 members (excludes halogenated alkanes) is 1. The smallest absolute Gasteiger partial charge is 0.251 e. The second kappa shape index (κ2) is 11.3. The minimum Gasteiger partial charge on any atom is -0.370 e. The Balaban J connectivity index is 1.37. The molecule has 4 rings (SSSR count). The normalized spacial score (nSPS) is 17.6. The second-order valence-corrected chi connectivity index (χ2v) is 8.87. The highest BCUT2D eigenvalue weighted by atomic mass is 16.3. The summed E-state index contributed by atoms with van der Waals surface area (Å²) in [6.07, 6.45) is 7.29. The molecule has 9 heteroatoms. The molecule has 1 fully saturated rings. The summed E-state index contributed by atoms with van der Waals surface area (Å²) < 4.78 is 0.